The molecule has 0 spiro atoms. The van der Waals surface area contributed by atoms with Gasteiger partial charge < -0.3 is 10.1 Å². The van der Waals surface area contributed by atoms with Crippen LogP contribution in [0, 0.1) is 18.3 Å². The maximum Gasteiger partial charge on any atom is 0.119 e. The summed E-state index contributed by atoms with van der Waals surface area (Å²) in [6, 6.07) is 8.14. The van der Waals surface area contributed by atoms with Crippen LogP contribution in [-0.2, 0) is 0 Å². The molecule has 0 unspecified atom stereocenters. The summed E-state index contributed by atoms with van der Waals surface area (Å²) in [4.78, 5) is 0. The van der Waals surface area contributed by atoms with Crippen molar-refractivity contribution < 1.29 is 4.74 Å². The molecule has 0 saturated heterocycles. The van der Waals surface area contributed by atoms with Gasteiger partial charge in [-0.3, -0.25) is 0 Å². The summed E-state index contributed by atoms with van der Waals surface area (Å²) in [5.41, 5.74) is 2.32. The first kappa shape index (κ1) is 12.4. The Bertz CT molecular complexity index is 369. The molecule has 1 rings (SSSR count). The van der Waals surface area contributed by atoms with Crippen molar-refractivity contribution in [2.45, 2.75) is 26.2 Å². The highest BCUT2D eigenvalue weighted by Gasteiger charge is 1.99. The van der Waals surface area contributed by atoms with E-state index in [1.54, 1.807) is 7.11 Å². The lowest BCUT2D eigenvalue weighted by Crippen LogP contribution is -2.02. The summed E-state index contributed by atoms with van der Waals surface area (Å²) >= 11 is 0. The molecule has 0 aromatic heterocycles. The molecule has 0 radical (unpaired) electrons. The SMILES string of the molecule is COc1ccc(NCCCCC#N)c(C)c1. The number of nitrogens with one attached hydrogen (secondary N) is 1. The highest BCUT2D eigenvalue weighted by Crippen LogP contribution is 2.20. The molecule has 0 aliphatic carbocycles. The molecule has 0 heterocycles. The molecular formula is C13H18N2O. The molecule has 1 N–H and O–H groups in total. The zero-order valence-electron chi connectivity index (χ0n) is 9.92. The van der Waals surface area contributed by atoms with E-state index in [0.717, 1.165) is 30.8 Å². The summed E-state index contributed by atoms with van der Waals surface area (Å²) in [7, 11) is 1.67. The Labute approximate surface area is 97.0 Å². The Hall–Kier alpha value is -1.69. The lowest BCUT2D eigenvalue weighted by molar-refractivity contribution is 0.414. The molecule has 16 heavy (non-hydrogen) atoms. The Morgan fingerprint density at radius 3 is 2.81 bits per heavy atom. The number of nitrogens with zero attached hydrogens (tertiary/aromatic N) is 1. The van der Waals surface area contributed by atoms with Crippen molar-refractivity contribution in [2.24, 2.45) is 0 Å². The van der Waals surface area contributed by atoms with Crippen molar-refractivity contribution in [2.75, 3.05) is 19.0 Å². The van der Waals surface area contributed by atoms with E-state index >= 15 is 0 Å². The smallest absolute Gasteiger partial charge is 0.119 e. The summed E-state index contributed by atoms with van der Waals surface area (Å²) in [5, 5.41) is 11.8. The summed E-state index contributed by atoms with van der Waals surface area (Å²) in [6.45, 7) is 2.97. The quantitative estimate of drug-likeness (QED) is 0.746. The van der Waals surface area contributed by atoms with Crippen LogP contribution in [-0.4, -0.2) is 13.7 Å². The van der Waals surface area contributed by atoms with Crippen LogP contribution in [0.25, 0.3) is 0 Å². The number of unbranched alkanes of at least 4 members (excludes halogenated alkanes) is 2. The average Bonchev–Trinajstić information content (AvgIpc) is 2.30. The van der Waals surface area contributed by atoms with Crippen LogP contribution in [0.15, 0.2) is 18.2 Å². The first-order valence-corrected chi connectivity index (χ1v) is 5.53. The van der Waals surface area contributed by atoms with E-state index in [-0.39, 0.29) is 0 Å². The van der Waals surface area contributed by atoms with Crippen LogP contribution in [0.4, 0.5) is 5.69 Å². The van der Waals surface area contributed by atoms with E-state index in [2.05, 4.69) is 18.3 Å². The monoisotopic (exact) mass is 218 g/mol. The van der Waals surface area contributed by atoms with Crippen LogP contribution >= 0.6 is 0 Å². The number of rotatable bonds is 6. The Morgan fingerprint density at radius 2 is 2.19 bits per heavy atom. The summed E-state index contributed by atoms with van der Waals surface area (Å²) in [6.07, 6.45) is 2.63. The molecule has 1 aromatic rings. The number of hydrogen-bond acceptors (Lipinski definition) is 3. The molecule has 0 saturated carbocycles. The number of hydrogen-bond donors (Lipinski definition) is 1. The molecule has 0 bridgehead atoms. The molecule has 0 fully saturated rings. The minimum atomic E-state index is 0.642. The molecule has 1 aromatic carbocycles. The number of nitriles is 1. The molecule has 3 heteroatoms. The van der Waals surface area contributed by atoms with E-state index in [4.69, 9.17) is 10.00 Å². The van der Waals surface area contributed by atoms with Gasteiger partial charge in [0.2, 0.25) is 0 Å². The molecule has 0 atom stereocenters. The van der Waals surface area contributed by atoms with Gasteiger partial charge in [0, 0.05) is 18.7 Å². The van der Waals surface area contributed by atoms with Gasteiger partial charge in [0.15, 0.2) is 0 Å². The van der Waals surface area contributed by atoms with E-state index < -0.39 is 0 Å². The van der Waals surface area contributed by atoms with Gasteiger partial charge in [0.05, 0.1) is 13.2 Å². The largest absolute Gasteiger partial charge is 0.497 e. The second-order valence-corrected chi connectivity index (χ2v) is 3.72. The predicted molar refractivity (Wildman–Crippen MR) is 65.7 cm³/mol. The first-order chi connectivity index (χ1) is 7.77. The van der Waals surface area contributed by atoms with Gasteiger partial charge in [-0.25, -0.2) is 0 Å². The van der Waals surface area contributed by atoms with Crippen molar-refractivity contribution in [1.29, 1.82) is 5.26 Å². The molecular weight excluding hydrogens is 200 g/mol. The van der Waals surface area contributed by atoms with Gasteiger partial charge in [-0.2, -0.15) is 5.26 Å². The number of methoxy groups -OCH3 is 1. The fraction of sp³-hybridized carbons (Fsp3) is 0.462. The second-order valence-electron chi connectivity index (χ2n) is 3.72. The fourth-order valence-electron chi connectivity index (χ4n) is 1.51. The topological polar surface area (TPSA) is 45.0 Å². The number of benzene rings is 1. The zero-order valence-corrected chi connectivity index (χ0v) is 9.92. The highest BCUT2D eigenvalue weighted by atomic mass is 16.5. The second kappa shape index (κ2) is 6.73. The standard InChI is InChI=1S/C13H18N2O/c1-11-10-12(16-2)6-7-13(11)15-9-5-3-4-8-14/h6-7,10,15H,3-5,9H2,1-2H3. The van der Waals surface area contributed by atoms with Gasteiger partial charge >= 0.3 is 0 Å². The van der Waals surface area contributed by atoms with Crippen molar-refractivity contribution in [3.05, 3.63) is 23.8 Å². The Balaban J connectivity index is 2.40. The molecule has 0 amide bonds. The minimum absolute atomic E-state index is 0.642. The number of aryl methyl sites for hydroxylation is 1. The third-order valence-corrected chi connectivity index (χ3v) is 2.46. The van der Waals surface area contributed by atoms with Crippen molar-refractivity contribution in [3.8, 4) is 11.8 Å². The molecule has 0 aliphatic rings. The third-order valence-electron chi connectivity index (χ3n) is 2.46. The van der Waals surface area contributed by atoms with E-state index in [1.807, 2.05) is 18.2 Å². The normalized spacial score (nSPS) is 9.56. The van der Waals surface area contributed by atoms with Crippen molar-refractivity contribution in [3.63, 3.8) is 0 Å². The van der Waals surface area contributed by atoms with Crippen molar-refractivity contribution in [1.82, 2.24) is 0 Å². The minimum Gasteiger partial charge on any atom is -0.497 e. The summed E-state index contributed by atoms with van der Waals surface area (Å²) < 4.78 is 5.14. The summed E-state index contributed by atoms with van der Waals surface area (Å²) in [5.74, 6) is 0.882. The first-order valence-electron chi connectivity index (χ1n) is 5.53. The van der Waals surface area contributed by atoms with Crippen molar-refractivity contribution >= 4 is 5.69 Å². The van der Waals surface area contributed by atoms with Gasteiger partial charge in [0.1, 0.15) is 5.75 Å². The van der Waals surface area contributed by atoms with Crippen LogP contribution < -0.4 is 10.1 Å². The molecule has 3 nitrogen and oxygen atoms in total. The zero-order chi connectivity index (χ0) is 11.8. The highest BCUT2D eigenvalue weighted by molar-refractivity contribution is 5.53. The van der Waals surface area contributed by atoms with Crippen LogP contribution in [0.3, 0.4) is 0 Å². The molecule has 0 aliphatic heterocycles. The van der Waals surface area contributed by atoms with Gasteiger partial charge in [-0.05, 0) is 43.5 Å². The van der Waals surface area contributed by atoms with E-state index in [0.29, 0.717) is 6.42 Å². The lowest BCUT2D eigenvalue weighted by atomic mass is 10.2. The van der Waals surface area contributed by atoms with E-state index in [1.165, 1.54) is 5.56 Å². The third kappa shape index (κ3) is 3.82. The van der Waals surface area contributed by atoms with Crippen LogP contribution in [0.1, 0.15) is 24.8 Å². The van der Waals surface area contributed by atoms with Gasteiger partial charge in [-0.1, -0.05) is 0 Å². The average molecular weight is 218 g/mol. The van der Waals surface area contributed by atoms with Crippen LogP contribution in [0.5, 0.6) is 5.75 Å². The Kier molecular flexibility index (Phi) is 5.21. The maximum absolute atomic E-state index is 8.40. The van der Waals surface area contributed by atoms with Gasteiger partial charge in [0.25, 0.3) is 0 Å². The fourth-order valence-corrected chi connectivity index (χ4v) is 1.51. The Morgan fingerprint density at radius 1 is 1.38 bits per heavy atom. The maximum atomic E-state index is 8.40. The van der Waals surface area contributed by atoms with Gasteiger partial charge in [-0.15, -0.1) is 0 Å². The molecule has 86 valence electrons. The number of ether oxygens (including phenoxy) is 1. The lowest BCUT2D eigenvalue weighted by Gasteiger charge is -2.10. The van der Waals surface area contributed by atoms with Crippen LogP contribution in [0.2, 0.25) is 0 Å². The van der Waals surface area contributed by atoms with E-state index in [9.17, 15) is 0 Å². The predicted octanol–water partition coefficient (Wildman–Crippen LogP) is 3.11. The number of anilines is 1.